The predicted molar refractivity (Wildman–Crippen MR) is 88.0 cm³/mol. The number of rotatable bonds is 6. The lowest BCUT2D eigenvalue weighted by molar-refractivity contribution is -0.496. The molecule has 1 unspecified atom stereocenters. The number of alkyl halides is 1. The lowest BCUT2D eigenvalue weighted by atomic mass is 9.86. The fourth-order valence-corrected chi connectivity index (χ4v) is 3.28. The zero-order valence-electron chi connectivity index (χ0n) is 13.2. The summed E-state index contributed by atoms with van der Waals surface area (Å²) >= 11 is 3.42. The van der Waals surface area contributed by atoms with Crippen LogP contribution in [0, 0.1) is 37.8 Å². The largest absolute Gasteiger partial charge is 0.293 e. The standard InChI is InChI=1S/C16H22BrNO3/c1-6-7-14(17)16(19)15-12(5)10(3)9(2)11(4)13(15)8-18(20)21/h14H,6-8H2,1-5H3. The van der Waals surface area contributed by atoms with E-state index >= 15 is 0 Å². The van der Waals surface area contributed by atoms with Crippen LogP contribution in [0.5, 0.6) is 0 Å². The minimum atomic E-state index is -0.365. The molecule has 1 aromatic carbocycles. The number of Topliss-reactive ketones (excluding diaryl/α,β-unsaturated/α-hetero) is 1. The Labute approximate surface area is 134 Å². The van der Waals surface area contributed by atoms with Crippen LogP contribution in [0.25, 0.3) is 0 Å². The predicted octanol–water partition coefficient (Wildman–Crippen LogP) is 4.44. The first-order chi connectivity index (χ1) is 9.72. The zero-order chi connectivity index (χ0) is 16.3. The topological polar surface area (TPSA) is 60.2 Å². The van der Waals surface area contributed by atoms with Gasteiger partial charge in [0.05, 0.1) is 4.83 Å². The molecule has 0 aliphatic heterocycles. The molecule has 0 aliphatic carbocycles. The molecule has 0 saturated heterocycles. The molecule has 1 atom stereocenters. The second-order valence-corrected chi connectivity index (χ2v) is 6.57. The molecule has 0 saturated carbocycles. The Morgan fingerprint density at radius 3 is 2.14 bits per heavy atom. The molecular formula is C16H22BrNO3. The third-order valence-corrected chi connectivity index (χ3v) is 5.05. The summed E-state index contributed by atoms with van der Waals surface area (Å²) < 4.78 is 0. The number of benzene rings is 1. The summed E-state index contributed by atoms with van der Waals surface area (Å²) in [5, 5.41) is 11.0. The second kappa shape index (κ2) is 7.16. The normalized spacial score (nSPS) is 12.3. The van der Waals surface area contributed by atoms with Gasteiger partial charge in [-0.1, -0.05) is 29.3 Å². The van der Waals surface area contributed by atoms with Crippen molar-refractivity contribution in [3.63, 3.8) is 0 Å². The first kappa shape index (κ1) is 17.8. The molecule has 0 spiro atoms. The highest BCUT2D eigenvalue weighted by Gasteiger charge is 2.26. The number of carbonyl (C=O) groups excluding carboxylic acids is 1. The van der Waals surface area contributed by atoms with E-state index in [1.807, 2.05) is 34.6 Å². The molecule has 0 amide bonds. The maximum Gasteiger partial charge on any atom is 0.229 e. The van der Waals surface area contributed by atoms with Gasteiger partial charge >= 0.3 is 0 Å². The minimum Gasteiger partial charge on any atom is -0.293 e. The van der Waals surface area contributed by atoms with Gasteiger partial charge in [0, 0.05) is 16.1 Å². The molecule has 1 rings (SSSR count). The third-order valence-electron chi connectivity index (χ3n) is 4.18. The second-order valence-electron chi connectivity index (χ2n) is 5.46. The Kier molecular flexibility index (Phi) is 6.08. The van der Waals surface area contributed by atoms with E-state index in [0.717, 1.165) is 35.1 Å². The van der Waals surface area contributed by atoms with Crippen LogP contribution >= 0.6 is 15.9 Å². The van der Waals surface area contributed by atoms with E-state index in [0.29, 0.717) is 11.1 Å². The minimum absolute atomic E-state index is 0.0441. The highest BCUT2D eigenvalue weighted by atomic mass is 79.9. The maximum atomic E-state index is 12.7. The van der Waals surface area contributed by atoms with Crippen LogP contribution in [-0.4, -0.2) is 15.5 Å². The first-order valence-electron chi connectivity index (χ1n) is 7.11. The first-order valence-corrected chi connectivity index (χ1v) is 8.03. The van der Waals surface area contributed by atoms with Gasteiger partial charge in [-0.05, 0) is 56.4 Å². The summed E-state index contributed by atoms with van der Waals surface area (Å²) in [5.41, 5.74) is 4.88. The van der Waals surface area contributed by atoms with Gasteiger partial charge in [0.25, 0.3) is 0 Å². The van der Waals surface area contributed by atoms with Gasteiger partial charge in [0.15, 0.2) is 5.78 Å². The van der Waals surface area contributed by atoms with Crippen LogP contribution in [0.2, 0.25) is 0 Å². The van der Waals surface area contributed by atoms with Crippen molar-refractivity contribution in [2.75, 3.05) is 0 Å². The van der Waals surface area contributed by atoms with Crippen molar-refractivity contribution >= 4 is 21.7 Å². The number of nitrogens with zero attached hydrogens (tertiary/aromatic N) is 1. The number of hydrogen-bond acceptors (Lipinski definition) is 3. The van der Waals surface area contributed by atoms with Crippen LogP contribution in [0.15, 0.2) is 0 Å². The van der Waals surface area contributed by atoms with Gasteiger partial charge in [0.1, 0.15) is 0 Å². The van der Waals surface area contributed by atoms with Crippen LogP contribution in [0.1, 0.15) is 57.9 Å². The smallest absolute Gasteiger partial charge is 0.229 e. The van der Waals surface area contributed by atoms with E-state index < -0.39 is 0 Å². The Balaban J connectivity index is 3.54. The molecule has 116 valence electrons. The molecule has 21 heavy (non-hydrogen) atoms. The van der Waals surface area contributed by atoms with Gasteiger partial charge in [-0.25, -0.2) is 0 Å². The van der Waals surface area contributed by atoms with Gasteiger partial charge in [-0.3, -0.25) is 14.9 Å². The highest BCUT2D eigenvalue weighted by molar-refractivity contribution is 9.10. The Morgan fingerprint density at radius 2 is 1.67 bits per heavy atom. The van der Waals surface area contributed by atoms with E-state index in [-0.39, 0.29) is 22.1 Å². The van der Waals surface area contributed by atoms with Crippen molar-refractivity contribution in [1.82, 2.24) is 0 Å². The van der Waals surface area contributed by atoms with Crippen LogP contribution in [0.4, 0.5) is 0 Å². The molecule has 0 radical (unpaired) electrons. The number of halogens is 1. The molecule has 0 heterocycles. The van der Waals surface area contributed by atoms with E-state index in [1.54, 1.807) is 0 Å². The molecule has 5 heteroatoms. The van der Waals surface area contributed by atoms with Crippen molar-refractivity contribution in [2.45, 2.75) is 58.8 Å². The van der Waals surface area contributed by atoms with E-state index in [4.69, 9.17) is 0 Å². The van der Waals surface area contributed by atoms with E-state index in [2.05, 4.69) is 15.9 Å². The van der Waals surface area contributed by atoms with Crippen LogP contribution in [0.3, 0.4) is 0 Å². The number of nitro groups is 1. The molecule has 0 aromatic heterocycles. The van der Waals surface area contributed by atoms with Crippen molar-refractivity contribution < 1.29 is 9.72 Å². The zero-order valence-corrected chi connectivity index (χ0v) is 14.8. The fraction of sp³-hybridized carbons (Fsp3) is 0.562. The van der Waals surface area contributed by atoms with Gasteiger partial charge in [0.2, 0.25) is 6.54 Å². The Morgan fingerprint density at radius 1 is 1.14 bits per heavy atom. The molecule has 0 aliphatic rings. The average Bonchev–Trinajstić information content (AvgIpc) is 2.42. The third kappa shape index (κ3) is 3.70. The van der Waals surface area contributed by atoms with Crippen molar-refractivity contribution in [3.8, 4) is 0 Å². The SMILES string of the molecule is CCCC(Br)C(=O)c1c(C)c(C)c(C)c(C)c1C[N+](=O)[O-]. The van der Waals surface area contributed by atoms with Crippen molar-refractivity contribution in [1.29, 1.82) is 0 Å². The van der Waals surface area contributed by atoms with Gasteiger partial charge < -0.3 is 0 Å². The summed E-state index contributed by atoms with van der Waals surface area (Å²) in [5.74, 6) is -0.0441. The molecule has 0 N–H and O–H groups in total. The van der Waals surface area contributed by atoms with Crippen LogP contribution < -0.4 is 0 Å². The van der Waals surface area contributed by atoms with E-state index in [9.17, 15) is 14.9 Å². The summed E-state index contributed by atoms with van der Waals surface area (Å²) in [7, 11) is 0. The van der Waals surface area contributed by atoms with Crippen LogP contribution in [-0.2, 0) is 6.54 Å². The fourth-order valence-electron chi connectivity index (χ4n) is 2.59. The van der Waals surface area contributed by atoms with Crippen molar-refractivity contribution in [2.24, 2.45) is 0 Å². The maximum absolute atomic E-state index is 12.7. The molecule has 0 bridgehead atoms. The van der Waals surface area contributed by atoms with Gasteiger partial charge in [-0.2, -0.15) is 0 Å². The molecule has 4 nitrogen and oxygen atoms in total. The number of ketones is 1. The monoisotopic (exact) mass is 355 g/mol. The average molecular weight is 356 g/mol. The van der Waals surface area contributed by atoms with Crippen molar-refractivity contribution in [3.05, 3.63) is 43.5 Å². The molecule has 1 aromatic rings. The van der Waals surface area contributed by atoms with Gasteiger partial charge in [-0.15, -0.1) is 0 Å². The lowest BCUT2D eigenvalue weighted by Crippen LogP contribution is -2.21. The lowest BCUT2D eigenvalue weighted by Gasteiger charge is -2.19. The Bertz CT molecular complexity index is 582. The summed E-state index contributed by atoms with van der Waals surface area (Å²) in [4.78, 5) is 23.0. The number of hydrogen-bond donors (Lipinski definition) is 0. The molecule has 0 fully saturated rings. The van der Waals surface area contributed by atoms with E-state index in [1.165, 1.54) is 0 Å². The highest BCUT2D eigenvalue weighted by Crippen LogP contribution is 2.30. The number of carbonyl (C=O) groups is 1. The summed E-state index contributed by atoms with van der Waals surface area (Å²) in [6.07, 6.45) is 1.61. The Hall–Kier alpha value is -1.23. The quantitative estimate of drug-likeness (QED) is 0.328. The summed E-state index contributed by atoms with van der Waals surface area (Å²) in [6, 6.07) is 0. The summed E-state index contributed by atoms with van der Waals surface area (Å²) in [6.45, 7) is 9.36. The molecular weight excluding hydrogens is 334 g/mol.